The second-order valence-corrected chi connectivity index (χ2v) is 6.77. The standard InChI is InChI=1S/C21H22FN3O3/c1-25(9-8-20-27-10-11-28-20)16-5-3-15(4-6-16)23-13-18-17-12-14(22)2-7-19(17)24-21(18)26/h2-7,12-13,20,23H,8-11H2,1H3,(H,24,26). The number of anilines is 3. The predicted octanol–water partition coefficient (Wildman–Crippen LogP) is 3.43. The molecule has 2 aromatic carbocycles. The molecule has 0 saturated carbocycles. The molecule has 7 heteroatoms. The Morgan fingerprint density at radius 1 is 1.21 bits per heavy atom. The van der Waals surface area contributed by atoms with Crippen LogP contribution in [-0.4, -0.2) is 39.0 Å². The monoisotopic (exact) mass is 383 g/mol. The topological polar surface area (TPSA) is 62.8 Å². The lowest BCUT2D eigenvalue weighted by Crippen LogP contribution is -2.23. The van der Waals surface area contributed by atoms with E-state index in [2.05, 4.69) is 15.5 Å². The van der Waals surface area contributed by atoms with Gasteiger partial charge in [0.1, 0.15) is 5.82 Å². The normalized spacial score (nSPS) is 17.6. The van der Waals surface area contributed by atoms with Gasteiger partial charge >= 0.3 is 0 Å². The molecule has 1 saturated heterocycles. The van der Waals surface area contributed by atoms with Crippen molar-refractivity contribution >= 4 is 28.5 Å². The quantitative estimate of drug-likeness (QED) is 0.749. The third-order valence-electron chi connectivity index (χ3n) is 4.85. The first-order valence-electron chi connectivity index (χ1n) is 9.22. The van der Waals surface area contributed by atoms with Gasteiger partial charge in [0.25, 0.3) is 5.91 Å². The van der Waals surface area contributed by atoms with Crippen LogP contribution in [0.25, 0.3) is 5.57 Å². The molecule has 2 heterocycles. The maximum absolute atomic E-state index is 13.5. The molecule has 0 radical (unpaired) electrons. The number of hydrogen-bond donors (Lipinski definition) is 2. The summed E-state index contributed by atoms with van der Waals surface area (Å²) in [4.78, 5) is 14.3. The molecule has 6 nitrogen and oxygen atoms in total. The van der Waals surface area contributed by atoms with E-state index in [1.165, 1.54) is 12.1 Å². The first kappa shape index (κ1) is 18.5. The van der Waals surface area contributed by atoms with Crippen LogP contribution in [0.5, 0.6) is 0 Å². The average Bonchev–Trinajstić information content (AvgIpc) is 3.32. The van der Waals surface area contributed by atoms with Crippen molar-refractivity contribution in [2.24, 2.45) is 0 Å². The summed E-state index contributed by atoms with van der Waals surface area (Å²) in [6, 6.07) is 12.1. The summed E-state index contributed by atoms with van der Waals surface area (Å²) in [5.41, 5.74) is 3.50. The smallest absolute Gasteiger partial charge is 0.257 e. The lowest BCUT2D eigenvalue weighted by Gasteiger charge is -2.21. The van der Waals surface area contributed by atoms with Gasteiger partial charge in [-0.2, -0.15) is 0 Å². The molecule has 0 aromatic heterocycles. The summed E-state index contributed by atoms with van der Waals surface area (Å²) in [5.74, 6) is -0.622. The van der Waals surface area contributed by atoms with Crippen LogP contribution in [0.3, 0.4) is 0 Å². The molecule has 146 valence electrons. The van der Waals surface area contributed by atoms with Crippen LogP contribution in [0, 0.1) is 5.82 Å². The minimum Gasteiger partial charge on any atom is -0.374 e. The van der Waals surface area contributed by atoms with E-state index in [1.54, 1.807) is 12.3 Å². The Kier molecular flexibility index (Phi) is 5.27. The second kappa shape index (κ2) is 8.00. The van der Waals surface area contributed by atoms with Crippen LogP contribution in [0.15, 0.2) is 48.7 Å². The number of carbonyl (C=O) groups is 1. The highest BCUT2D eigenvalue weighted by Gasteiger charge is 2.24. The Bertz CT molecular complexity index is 892. The fraction of sp³-hybridized carbons (Fsp3) is 0.286. The van der Waals surface area contributed by atoms with E-state index in [0.717, 1.165) is 24.3 Å². The minimum atomic E-state index is -0.373. The number of ether oxygens (including phenoxy) is 2. The number of nitrogens with zero attached hydrogens (tertiary/aromatic N) is 1. The van der Waals surface area contributed by atoms with Crippen LogP contribution in [0.1, 0.15) is 12.0 Å². The van der Waals surface area contributed by atoms with Gasteiger partial charge in [0.05, 0.1) is 18.8 Å². The molecule has 0 spiro atoms. The summed E-state index contributed by atoms with van der Waals surface area (Å²) < 4.78 is 24.4. The van der Waals surface area contributed by atoms with Gasteiger partial charge < -0.3 is 25.0 Å². The first-order valence-corrected chi connectivity index (χ1v) is 9.22. The van der Waals surface area contributed by atoms with Crippen molar-refractivity contribution in [1.82, 2.24) is 0 Å². The lowest BCUT2D eigenvalue weighted by atomic mass is 10.1. The molecule has 0 aliphatic carbocycles. The number of nitrogens with one attached hydrogen (secondary N) is 2. The van der Waals surface area contributed by atoms with Crippen molar-refractivity contribution in [3.8, 4) is 0 Å². The molecule has 2 aliphatic rings. The molecule has 2 N–H and O–H groups in total. The largest absolute Gasteiger partial charge is 0.374 e. The Balaban J connectivity index is 1.39. The van der Waals surface area contributed by atoms with Gasteiger partial charge in [0, 0.05) is 48.8 Å². The molecule has 0 bridgehead atoms. The van der Waals surface area contributed by atoms with Crippen molar-refractivity contribution in [3.63, 3.8) is 0 Å². The molecule has 2 aromatic rings. The first-order chi connectivity index (χ1) is 13.6. The number of hydrogen-bond acceptors (Lipinski definition) is 5. The molecule has 0 atom stereocenters. The predicted molar refractivity (Wildman–Crippen MR) is 107 cm³/mol. The van der Waals surface area contributed by atoms with Gasteiger partial charge in [0.2, 0.25) is 0 Å². The zero-order valence-electron chi connectivity index (χ0n) is 15.6. The Morgan fingerprint density at radius 2 is 1.96 bits per heavy atom. The lowest BCUT2D eigenvalue weighted by molar-refractivity contribution is -0.110. The highest BCUT2D eigenvalue weighted by Crippen LogP contribution is 2.32. The maximum Gasteiger partial charge on any atom is 0.257 e. The van der Waals surface area contributed by atoms with E-state index in [4.69, 9.17) is 9.47 Å². The Hall–Kier alpha value is -2.90. The van der Waals surface area contributed by atoms with Gasteiger partial charge in [-0.25, -0.2) is 4.39 Å². The summed E-state index contributed by atoms with van der Waals surface area (Å²) in [7, 11) is 2.02. The van der Waals surface area contributed by atoms with Crippen LogP contribution in [-0.2, 0) is 14.3 Å². The van der Waals surface area contributed by atoms with E-state index in [9.17, 15) is 9.18 Å². The number of benzene rings is 2. The van der Waals surface area contributed by atoms with Crippen LogP contribution in [0.2, 0.25) is 0 Å². The summed E-state index contributed by atoms with van der Waals surface area (Å²) in [6.45, 7) is 2.16. The van der Waals surface area contributed by atoms with E-state index in [1.807, 2.05) is 31.3 Å². The van der Waals surface area contributed by atoms with Gasteiger partial charge in [-0.15, -0.1) is 0 Å². The fourth-order valence-electron chi connectivity index (χ4n) is 3.27. The molecule has 4 rings (SSSR count). The SMILES string of the molecule is CN(CCC1OCCO1)c1ccc(NC=C2C(=O)Nc3ccc(F)cc32)cc1. The van der Waals surface area contributed by atoms with Crippen molar-refractivity contribution < 1.29 is 18.7 Å². The summed E-state index contributed by atoms with van der Waals surface area (Å²) in [5, 5.41) is 5.85. The third-order valence-corrected chi connectivity index (χ3v) is 4.85. The molecular weight excluding hydrogens is 361 g/mol. The van der Waals surface area contributed by atoms with Crippen LogP contribution < -0.4 is 15.5 Å². The van der Waals surface area contributed by atoms with Gasteiger partial charge in [-0.05, 0) is 42.5 Å². The molecule has 1 fully saturated rings. The molecule has 1 amide bonds. The maximum atomic E-state index is 13.5. The van der Waals surface area contributed by atoms with E-state index >= 15 is 0 Å². The zero-order chi connectivity index (χ0) is 19.5. The Labute approximate surface area is 162 Å². The minimum absolute atomic E-state index is 0.111. The van der Waals surface area contributed by atoms with Crippen LogP contribution >= 0.6 is 0 Å². The molecule has 2 aliphatic heterocycles. The Morgan fingerprint density at radius 3 is 2.71 bits per heavy atom. The number of amides is 1. The second-order valence-electron chi connectivity index (χ2n) is 6.77. The third kappa shape index (κ3) is 4.00. The molecule has 0 unspecified atom stereocenters. The molecule has 28 heavy (non-hydrogen) atoms. The number of rotatable bonds is 6. The van der Waals surface area contributed by atoms with Crippen molar-refractivity contribution in [2.45, 2.75) is 12.7 Å². The van der Waals surface area contributed by atoms with Gasteiger partial charge in [-0.3, -0.25) is 4.79 Å². The van der Waals surface area contributed by atoms with E-state index in [0.29, 0.717) is 30.0 Å². The number of fused-ring (bicyclic) bond motifs is 1. The highest BCUT2D eigenvalue weighted by molar-refractivity contribution is 6.31. The van der Waals surface area contributed by atoms with E-state index in [-0.39, 0.29) is 18.0 Å². The van der Waals surface area contributed by atoms with Gasteiger partial charge in [-0.1, -0.05) is 0 Å². The van der Waals surface area contributed by atoms with Crippen molar-refractivity contribution in [3.05, 3.63) is 60.0 Å². The summed E-state index contributed by atoms with van der Waals surface area (Å²) in [6.07, 6.45) is 2.31. The summed E-state index contributed by atoms with van der Waals surface area (Å²) >= 11 is 0. The van der Waals surface area contributed by atoms with Gasteiger partial charge in [0.15, 0.2) is 6.29 Å². The zero-order valence-corrected chi connectivity index (χ0v) is 15.6. The fourth-order valence-corrected chi connectivity index (χ4v) is 3.27. The van der Waals surface area contributed by atoms with E-state index < -0.39 is 0 Å². The number of halogens is 1. The van der Waals surface area contributed by atoms with Crippen LogP contribution in [0.4, 0.5) is 21.5 Å². The van der Waals surface area contributed by atoms with Crippen molar-refractivity contribution in [1.29, 1.82) is 0 Å². The highest BCUT2D eigenvalue weighted by atomic mass is 19.1. The van der Waals surface area contributed by atoms with Crippen molar-refractivity contribution in [2.75, 3.05) is 42.3 Å². The average molecular weight is 383 g/mol. The number of carbonyl (C=O) groups excluding carboxylic acids is 1. The molecular formula is C21H22FN3O3.